The van der Waals surface area contributed by atoms with Gasteiger partial charge in [-0.25, -0.2) is 9.97 Å². The van der Waals surface area contributed by atoms with Crippen LogP contribution in [0.4, 0.5) is 13.2 Å². The van der Waals surface area contributed by atoms with Crippen LogP contribution in [0.2, 0.25) is 0 Å². The van der Waals surface area contributed by atoms with Crippen molar-refractivity contribution in [2.45, 2.75) is 31.8 Å². The Kier molecular flexibility index (Phi) is 7.76. The molecule has 0 N–H and O–H groups in total. The van der Waals surface area contributed by atoms with E-state index in [0.29, 0.717) is 22.1 Å². The first-order valence-corrected chi connectivity index (χ1v) is 9.62. The summed E-state index contributed by atoms with van der Waals surface area (Å²) in [5, 5.41) is 3.46. The van der Waals surface area contributed by atoms with E-state index in [1.807, 2.05) is 0 Å². The summed E-state index contributed by atoms with van der Waals surface area (Å²) in [6.07, 6.45) is -4.76. The highest BCUT2D eigenvalue weighted by Gasteiger charge is 2.31. The third kappa shape index (κ3) is 6.54. The molecule has 29 heavy (non-hydrogen) atoms. The lowest BCUT2D eigenvalue weighted by atomic mass is 10.1. The van der Waals surface area contributed by atoms with E-state index >= 15 is 0 Å². The molecule has 0 aliphatic heterocycles. The maximum atomic E-state index is 12.4. The number of ether oxygens (including phenoxy) is 1. The molecular weight excluding hydrogens is 427 g/mol. The van der Waals surface area contributed by atoms with Gasteiger partial charge in [0.1, 0.15) is 22.5 Å². The minimum Gasteiger partial charge on any atom is -0.406 e. The Morgan fingerprint density at radius 1 is 1.28 bits per heavy atom. The summed E-state index contributed by atoms with van der Waals surface area (Å²) in [7, 11) is 1.58. The minimum atomic E-state index is -4.76. The van der Waals surface area contributed by atoms with Gasteiger partial charge < -0.3 is 9.64 Å². The Morgan fingerprint density at radius 3 is 2.48 bits per heavy atom. The third-order valence-electron chi connectivity index (χ3n) is 3.68. The summed E-state index contributed by atoms with van der Waals surface area (Å²) in [4.78, 5) is 22.1. The van der Waals surface area contributed by atoms with Crippen molar-refractivity contribution in [2.24, 2.45) is 0 Å². The number of benzene rings is 1. The van der Waals surface area contributed by atoms with Crippen molar-refractivity contribution in [1.29, 1.82) is 0 Å². The molecule has 2 rings (SSSR count). The molecule has 0 unspecified atom stereocenters. The second-order valence-corrected chi connectivity index (χ2v) is 6.89. The van der Waals surface area contributed by atoms with Crippen molar-refractivity contribution in [2.75, 3.05) is 12.9 Å². The number of rotatable bonds is 6. The lowest BCUT2D eigenvalue weighted by Crippen LogP contribution is -2.28. The van der Waals surface area contributed by atoms with E-state index in [0.717, 1.165) is 5.56 Å². The van der Waals surface area contributed by atoms with Crippen LogP contribution < -0.4 is 4.74 Å². The molecule has 1 heterocycles. The van der Waals surface area contributed by atoms with E-state index in [1.165, 1.54) is 40.9 Å². The van der Waals surface area contributed by atoms with Crippen LogP contribution in [0, 0.1) is 18.1 Å². The van der Waals surface area contributed by atoms with Crippen LogP contribution in [-0.2, 0) is 11.3 Å². The Bertz CT molecular complexity index is 941. The SMILES string of the molecule is CC#CSc1nc(CN(C)C(=O)CCl)nc(-c2ccc(OC(F)(F)F)cc2)c1C. The molecule has 5 nitrogen and oxygen atoms in total. The van der Waals surface area contributed by atoms with Gasteiger partial charge in [0.2, 0.25) is 5.91 Å². The van der Waals surface area contributed by atoms with E-state index in [-0.39, 0.29) is 24.1 Å². The highest BCUT2D eigenvalue weighted by molar-refractivity contribution is 8.03. The monoisotopic (exact) mass is 443 g/mol. The largest absolute Gasteiger partial charge is 0.573 e. The second-order valence-electron chi connectivity index (χ2n) is 5.83. The standard InChI is InChI=1S/C19H17ClF3N3O2S/c1-4-9-29-18-12(2)17(24-15(25-18)11-26(3)16(27)10-20)13-5-7-14(8-6-13)28-19(21,22)23/h5-8H,10-11H2,1-3H3. The molecule has 0 radical (unpaired) electrons. The quantitative estimate of drug-likeness (QED) is 0.282. The zero-order valence-corrected chi connectivity index (χ0v) is 17.4. The predicted octanol–water partition coefficient (Wildman–Crippen LogP) is 4.62. The topological polar surface area (TPSA) is 55.3 Å². The summed E-state index contributed by atoms with van der Waals surface area (Å²) < 4.78 is 41.0. The van der Waals surface area contributed by atoms with Crippen molar-refractivity contribution >= 4 is 29.3 Å². The molecule has 0 atom stereocenters. The fourth-order valence-electron chi connectivity index (χ4n) is 2.31. The van der Waals surface area contributed by atoms with Gasteiger partial charge in [-0.2, -0.15) is 0 Å². The first-order valence-electron chi connectivity index (χ1n) is 8.26. The molecule has 0 bridgehead atoms. The van der Waals surface area contributed by atoms with Crippen molar-refractivity contribution in [1.82, 2.24) is 14.9 Å². The average Bonchev–Trinajstić information content (AvgIpc) is 2.66. The molecule has 1 amide bonds. The lowest BCUT2D eigenvalue weighted by Gasteiger charge is -2.17. The van der Waals surface area contributed by atoms with Crippen LogP contribution in [0.15, 0.2) is 29.3 Å². The van der Waals surface area contributed by atoms with Crippen molar-refractivity contribution in [3.63, 3.8) is 0 Å². The Labute approximate surface area is 175 Å². The maximum absolute atomic E-state index is 12.4. The number of carbonyl (C=O) groups is 1. The predicted molar refractivity (Wildman–Crippen MR) is 105 cm³/mol. The molecule has 0 saturated carbocycles. The van der Waals surface area contributed by atoms with Crippen LogP contribution in [-0.4, -0.2) is 40.1 Å². The van der Waals surface area contributed by atoms with Gasteiger partial charge in [-0.3, -0.25) is 4.79 Å². The van der Waals surface area contributed by atoms with Gasteiger partial charge in [0, 0.05) is 18.2 Å². The van der Waals surface area contributed by atoms with Gasteiger partial charge in [-0.1, -0.05) is 5.92 Å². The van der Waals surface area contributed by atoms with Gasteiger partial charge in [0.15, 0.2) is 0 Å². The molecule has 1 aromatic heterocycles. The molecule has 0 aliphatic carbocycles. The molecule has 1 aromatic carbocycles. The van der Waals surface area contributed by atoms with Gasteiger partial charge in [0.05, 0.1) is 12.2 Å². The summed E-state index contributed by atoms with van der Waals surface area (Å²) in [5.41, 5.74) is 1.83. The molecule has 0 fully saturated rings. The summed E-state index contributed by atoms with van der Waals surface area (Å²) in [6.45, 7) is 3.62. The highest BCUT2D eigenvalue weighted by Crippen LogP contribution is 2.31. The van der Waals surface area contributed by atoms with Crippen LogP contribution in [0.1, 0.15) is 18.3 Å². The van der Waals surface area contributed by atoms with Crippen LogP contribution in [0.3, 0.4) is 0 Å². The number of nitrogens with zero attached hydrogens (tertiary/aromatic N) is 3. The minimum absolute atomic E-state index is 0.126. The van der Waals surface area contributed by atoms with Gasteiger partial charge in [-0.05, 0) is 55.1 Å². The Hall–Kier alpha value is -2.44. The fourth-order valence-corrected chi connectivity index (χ4v) is 3.11. The van der Waals surface area contributed by atoms with E-state index in [2.05, 4.69) is 25.9 Å². The highest BCUT2D eigenvalue weighted by atomic mass is 35.5. The first-order chi connectivity index (χ1) is 13.6. The zero-order valence-electron chi connectivity index (χ0n) is 15.8. The number of amides is 1. The Morgan fingerprint density at radius 2 is 1.93 bits per heavy atom. The van der Waals surface area contributed by atoms with E-state index < -0.39 is 6.36 Å². The van der Waals surface area contributed by atoms with Gasteiger partial charge in [-0.15, -0.1) is 24.8 Å². The number of alkyl halides is 4. The molecule has 2 aromatic rings. The molecule has 154 valence electrons. The number of aromatic nitrogens is 2. The lowest BCUT2D eigenvalue weighted by molar-refractivity contribution is -0.274. The van der Waals surface area contributed by atoms with Crippen molar-refractivity contribution in [3.05, 3.63) is 35.7 Å². The number of halogens is 4. The van der Waals surface area contributed by atoms with Crippen LogP contribution in [0.5, 0.6) is 5.75 Å². The second kappa shape index (κ2) is 9.85. The number of hydrogen-bond donors (Lipinski definition) is 0. The Balaban J connectivity index is 2.44. The first kappa shape index (κ1) is 22.8. The number of hydrogen-bond acceptors (Lipinski definition) is 5. The van der Waals surface area contributed by atoms with Gasteiger partial charge in [0.25, 0.3) is 0 Å². The van der Waals surface area contributed by atoms with Gasteiger partial charge >= 0.3 is 6.36 Å². The zero-order chi connectivity index (χ0) is 21.6. The van der Waals surface area contributed by atoms with Crippen LogP contribution in [0.25, 0.3) is 11.3 Å². The van der Waals surface area contributed by atoms with Crippen molar-refractivity contribution < 1.29 is 22.7 Å². The van der Waals surface area contributed by atoms with Crippen molar-refractivity contribution in [3.8, 4) is 28.2 Å². The van der Waals surface area contributed by atoms with E-state index in [9.17, 15) is 18.0 Å². The summed E-state index contributed by atoms with van der Waals surface area (Å²) >= 11 is 6.79. The number of carbonyl (C=O) groups excluding carboxylic acids is 1. The fraction of sp³-hybridized carbons (Fsp3) is 0.316. The smallest absolute Gasteiger partial charge is 0.406 e. The summed E-state index contributed by atoms with van der Waals surface area (Å²) in [6, 6.07) is 5.39. The molecule has 0 spiro atoms. The molecule has 0 saturated heterocycles. The number of thioether (sulfide) groups is 1. The normalized spacial score (nSPS) is 10.9. The molecular formula is C19H17ClF3N3O2S. The van der Waals surface area contributed by atoms with Crippen LogP contribution >= 0.6 is 23.4 Å². The average molecular weight is 444 g/mol. The summed E-state index contributed by atoms with van der Waals surface area (Å²) in [5.74, 6) is 2.35. The maximum Gasteiger partial charge on any atom is 0.573 e. The van der Waals surface area contributed by atoms with E-state index in [4.69, 9.17) is 11.6 Å². The molecule has 0 aliphatic rings. The molecule has 10 heteroatoms. The van der Waals surface area contributed by atoms with E-state index in [1.54, 1.807) is 20.9 Å². The third-order valence-corrected chi connectivity index (χ3v) is 4.80.